The summed E-state index contributed by atoms with van der Waals surface area (Å²) in [6.07, 6.45) is 0. The quantitative estimate of drug-likeness (QED) is 0.890. The summed E-state index contributed by atoms with van der Waals surface area (Å²) in [5, 5.41) is 4.33. The van der Waals surface area contributed by atoms with Crippen molar-refractivity contribution in [2.24, 2.45) is 12.8 Å². The number of aryl methyl sites for hydroxylation is 1. The van der Waals surface area contributed by atoms with Crippen molar-refractivity contribution in [3.05, 3.63) is 30.0 Å². The molecule has 0 radical (unpaired) electrons. The second-order valence-corrected chi connectivity index (χ2v) is 3.89. The summed E-state index contributed by atoms with van der Waals surface area (Å²) in [7, 11) is 5.13. The Hall–Kier alpha value is -2.01. The fourth-order valence-electron chi connectivity index (χ4n) is 1.97. The van der Waals surface area contributed by atoms with Crippen LogP contribution in [0.1, 0.15) is 5.69 Å². The lowest BCUT2D eigenvalue weighted by Gasteiger charge is -2.12. The van der Waals surface area contributed by atoms with Crippen molar-refractivity contribution < 1.29 is 9.47 Å². The van der Waals surface area contributed by atoms with Crippen LogP contribution in [0.2, 0.25) is 0 Å². The van der Waals surface area contributed by atoms with Crippen LogP contribution in [0.5, 0.6) is 11.5 Å². The highest BCUT2D eigenvalue weighted by Gasteiger charge is 2.15. The topological polar surface area (TPSA) is 62.3 Å². The van der Waals surface area contributed by atoms with Crippen molar-refractivity contribution in [2.45, 2.75) is 6.54 Å². The molecule has 0 bridgehead atoms. The van der Waals surface area contributed by atoms with Gasteiger partial charge in [0.05, 0.1) is 25.6 Å². The average Bonchev–Trinajstić information content (AvgIpc) is 2.78. The minimum absolute atomic E-state index is 0.417. The zero-order chi connectivity index (χ0) is 13.1. The molecule has 0 unspecified atom stereocenters. The highest BCUT2D eigenvalue weighted by atomic mass is 16.5. The molecule has 0 amide bonds. The number of aromatic nitrogens is 2. The van der Waals surface area contributed by atoms with Crippen molar-refractivity contribution in [3.63, 3.8) is 0 Å². The molecular formula is C13H17N3O2. The Labute approximate surface area is 106 Å². The molecule has 1 heterocycles. The third-order valence-electron chi connectivity index (χ3n) is 2.82. The largest absolute Gasteiger partial charge is 0.493 e. The maximum absolute atomic E-state index is 5.60. The molecule has 0 aliphatic carbocycles. The molecule has 5 heteroatoms. The molecule has 0 atom stereocenters. The first-order valence-electron chi connectivity index (χ1n) is 5.65. The Morgan fingerprint density at radius 1 is 1.28 bits per heavy atom. The maximum atomic E-state index is 5.60. The third-order valence-corrected chi connectivity index (χ3v) is 2.82. The van der Waals surface area contributed by atoms with E-state index in [2.05, 4.69) is 5.10 Å². The Kier molecular flexibility index (Phi) is 3.53. The van der Waals surface area contributed by atoms with Gasteiger partial charge in [0.1, 0.15) is 0 Å². The Balaban J connectivity index is 2.59. The van der Waals surface area contributed by atoms with Gasteiger partial charge in [0, 0.05) is 19.2 Å². The minimum atomic E-state index is 0.417. The van der Waals surface area contributed by atoms with Crippen molar-refractivity contribution in [3.8, 4) is 22.8 Å². The van der Waals surface area contributed by atoms with Crippen LogP contribution in [0.3, 0.4) is 0 Å². The van der Waals surface area contributed by atoms with Crippen LogP contribution in [0, 0.1) is 0 Å². The van der Waals surface area contributed by atoms with E-state index < -0.39 is 0 Å². The van der Waals surface area contributed by atoms with Crippen molar-refractivity contribution >= 4 is 0 Å². The maximum Gasteiger partial charge on any atom is 0.170 e. The molecule has 0 saturated heterocycles. The predicted molar refractivity (Wildman–Crippen MR) is 69.6 cm³/mol. The van der Waals surface area contributed by atoms with E-state index in [-0.39, 0.29) is 0 Å². The fourth-order valence-corrected chi connectivity index (χ4v) is 1.97. The lowest BCUT2D eigenvalue weighted by molar-refractivity contribution is 0.356. The number of methoxy groups -OCH3 is 2. The number of rotatable bonds is 4. The lowest BCUT2D eigenvalue weighted by atomic mass is 10.1. The second-order valence-electron chi connectivity index (χ2n) is 3.89. The SMILES string of the molecule is COc1cccc(-c2cc(CN)nn2C)c1OC. The van der Waals surface area contributed by atoms with Gasteiger partial charge in [-0.3, -0.25) is 4.68 Å². The molecule has 2 rings (SSSR count). The minimum Gasteiger partial charge on any atom is -0.493 e. The summed E-state index contributed by atoms with van der Waals surface area (Å²) in [5.74, 6) is 1.40. The van der Waals surface area contributed by atoms with Gasteiger partial charge in [-0.1, -0.05) is 6.07 Å². The van der Waals surface area contributed by atoms with Crippen LogP contribution in [0.4, 0.5) is 0 Å². The van der Waals surface area contributed by atoms with Gasteiger partial charge in [0.15, 0.2) is 11.5 Å². The van der Waals surface area contributed by atoms with Crippen LogP contribution in [-0.4, -0.2) is 24.0 Å². The molecule has 0 spiro atoms. The van der Waals surface area contributed by atoms with Gasteiger partial charge in [0.2, 0.25) is 0 Å². The molecule has 18 heavy (non-hydrogen) atoms. The highest BCUT2D eigenvalue weighted by molar-refractivity contribution is 5.71. The van der Waals surface area contributed by atoms with Gasteiger partial charge >= 0.3 is 0 Å². The second kappa shape index (κ2) is 5.10. The summed E-state index contributed by atoms with van der Waals surface area (Å²) in [6, 6.07) is 7.71. The Morgan fingerprint density at radius 3 is 2.61 bits per heavy atom. The number of benzene rings is 1. The molecule has 1 aromatic heterocycles. The van der Waals surface area contributed by atoms with E-state index in [1.807, 2.05) is 31.3 Å². The number of nitrogens with two attached hydrogens (primary N) is 1. The van der Waals surface area contributed by atoms with Crippen molar-refractivity contribution in [1.29, 1.82) is 0 Å². The summed E-state index contributed by atoms with van der Waals surface area (Å²) < 4.78 is 12.5. The summed E-state index contributed by atoms with van der Waals surface area (Å²) in [5.41, 5.74) is 8.34. The monoisotopic (exact) mass is 247 g/mol. The smallest absolute Gasteiger partial charge is 0.170 e. The number of hydrogen-bond donors (Lipinski definition) is 1. The van der Waals surface area contributed by atoms with Gasteiger partial charge in [-0.05, 0) is 18.2 Å². The van der Waals surface area contributed by atoms with E-state index in [0.717, 1.165) is 17.0 Å². The third kappa shape index (κ3) is 2.04. The molecule has 1 aromatic carbocycles. The fraction of sp³-hybridized carbons (Fsp3) is 0.308. The predicted octanol–water partition coefficient (Wildman–Crippen LogP) is 1.56. The standard InChI is InChI=1S/C13H17N3O2/c1-16-11(7-9(8-14)15-16)10-5-4-6-12(17-2)13(10)18-3/h4-7H,8,14H2,1-3H3. The van der Waals surface area contributed by atoms with E-state index in [0.29, 0.717) is 18.0 Å². The van der Waals surface area contributed by atoms with Gasteiger partial charge in [-0.25, -0.2) is 0 Å². The number of para-hydroxylation sites is 1. The molecule has 0 fully saturated rings. The Bertz CT molecular complexity index is 549. The van der Waals surface area contributed by atoms with Gasteiger partial charge in [0.25, 0.3) is 0 Å². The summed E-state index contributed by atoms with van der Waals surface area (Å²) in [6.45, 7) is 0.417. The molecule has 5 nitrogen and oxygen atoms in total. The first kappa shape index (κ1) is 12.4. The van der Waals surface area contributed by atoms with E-state index in [1.54, 1.807) is 18.9 Å². The van der Waals surface area contributed by atoms with Gasteiger partial charge in [-0.2, -0.15) is 5.10 Å². The average molecular weight is 247 g/mol. The number of nitrogens with zero attached hydrogens (tertiary/aromatic N) is 2. The van der Waals surface area contributed by atoms with Crippen LogP contribution in [0.15, 0.2) is 24.3 Å². The van der Waals surface area contributed by atoms with Crippen LogP contribution >= 0.6 is 0 Å². The zero-order valence-corrected chi connectivity index (χ0v) is 10.8. The molecule has 0 saturated carbocycles. The molecule has 0 aliphatic heterocycles. The van der Waals surface area contributed by atoms with Crippen molar-refractivity contribution in [2.75, 3.05) is 14.2 Å². The normalized spacial score (nSPS) is 10.4. The number of ether oxygens (including phenoxy) is 2. The van der Waals surface area contributed by atoms with Crippen LogP contribution in [-0.2, 0) is 13.6 Å². The van der Waals surface area contributed by atoms with E-state index in [4.69, 9.17) is 15.2 Å². The molecular weight excluding hydrogens is 230 g/mol. The first-order valence-corrected chi connectivity index (χ1v) is 5.65. The van der Waals surface area contributed by atoms with E-state index >= 15 is 0 Å². The molecule has 2 aromatic rings. The van der Waals surface area contributed by atoms with Crippen LogP contribution < -0.4 is 15.2 Å². The first-order chi connectivity index (χ1) is 8.71. The van der Waals surface area contributed by atoms with E-state index in [1.165, 1.54) is 0 Å². The van der Waals surface area contributed by atoms with E-state index in [9.17, 15) is 0 Å². The highest BCUT2D eigenvalue weighted by Crippen LogP contribution is 2.37. The van der Waals surface area contributed by atoms with Crippen LogP contribution in [0.25, 0.3) is 11.3 Å². The van der Waals surface area contributed by atoms with Crippen molar-refractivity contribution in [1.82, 2.24) is 9.78 Å². The lowest BCUT2D eigenvalue weighted by Crippen LogP contribution is -1.99. The molecule has 0 aliphatic rings. The molecule has 2 N–H and O–H groups in total. The zero-order valence-electron chi connectivity index (χ0n) is 10.8. The Morgan fingerprint density at radius 2 is 2.06 bits per heavy atom. The molecule has 96 valence electrons. The summed E-state index contributed by atoms with van der Waals surface area (Å²) in [4.78, 5) is 0. The van der Waals surface area contributed by atoms with Gasteiger partial charge < -0.3 is 15.2 Å². The number of hydrogen-bond acceptors (Lipinski definition) is 4. The summed E-state index contributed by atoms with van der Waals surface area (Å²) >= 11 is 0. The van der Waals surface area contributed by atoms with Gasteiger partial charge in [-0.15, -0.1) is 0 Å².